The molecule has 1 atom stereocenters. The van der Waals surface area contributed by atoms with Crippen LogP contribution in [0.15, 0.2) is 18.2 Å². The lowest BCUT2D eigenvalue weighted by Crippen LogP contribution is -2.30. The summed E-state index contributed by atoms with van der Waals surface area (Å²) in [4.78, 5) is 2.45. The molecule has 2 nitrogen and oxygen atoms in total. The normalized spacial score (nSPS) is 20.4. The second-order valence-electron chi connectivity index (χ2n) is 4.85. The first kappa shape index (κ1) is 11.5. The molecule has 0 spiro atoms. The minimum atomic E-state index is 0.298. The van der Waals surface area contributed by atoms with Crippen molar-refractivity contribution in [1.29, 1.82) is 0 Å². The van der Waals surface area contributed by atoms with Crippen molar-refractivity contribution in [2.75, 3.05) is 18.1 Å². The van der Waals surface area contributed by atoms with Crippen molar-refractivity contribution in [3.05, 3.63) is 29.3 Å². The highest BCUT2D eigenvalue weighted by Gasteiger charge is 2.24. The molecule has 0 aliphatic carbocycles. The SMILES string of the molecule is Cc1cc(C)cc(N2CCCC2CCO)c1. The molecule has 0 bridgehead atoms. The zero-order valence-corrected chi connectivity index (χ0v) is 10.2. The molecule has 2 rings (SSSR count). The van der Waals surface area contributed by atoms with Gasteiger partial charge in [-0.25, -0.2) is 0 Å². The fourth-order valence-electron chi connectivity index (χ4n) is 2.74. The highest BCUT2D eigenvalue weighted by Crippen LogP contribution is 2.28. The highest BCUT2D eigenvalue weighted by atomic mass is 16.3. The lowest BCUT2D eigenvalue weighted by molar-refractivity contribution is 0.276. The molecule has 0 radical (unpaired) electrons. The Hall–Kier alpha value is -1.02. The number of hydrogen-bond acceptors (Lipinski definition) is 2. The van der Waals surface area contributed by atoms with Gasteiger partial charge in [0.05, 0.1) is 0 Å². The molecule has 0 aromatic heterocycles. The molecule has 1 saturated heterocycles. The second kappa shape index (κ2) is 4.88. The molecule has 1 fully saturated rings. The molecular weight excluding hydrogens is 198 g/mol. The van der Waals surface area contributed by atoms with Gasteiger partial charge in [-0.1, -0.05) is 6.07 Å². The zero-order valence-electron chi connectivity index (χ0n) is 10.2. The maximum Gasteiger partial charge on any atom is 0.0450 e. The topological polar surface area (TPSA) is 23.5 Å². The van der Waals surface area contributed by atoms with Crippen LogP contribution in [-0.2, 0) is 0 Å². The largest absolute Gasteiger partial charge is 0.396 e. The van der Waals surface area contributed by atoms with Gasteiger partial charge in [-0.3, -0.25) is 0 Å². The molecule has 16 heavy (non-hydrogen) atoms. The Labute approximate surface area is 97.9 Å². The minimum Gasteiger partial charge on any atom is -0.396 e. The van der Waals surface area contributed by atoms with Crippen LogP contribution in [0.4, 0.5) is 5.69 Å². The molecule has 1 aliphatic rings. The van der Waals surface area contributed by atoms with Gasteiger partial charge in [0.25, 0.3) is 0 Å². The van der Waals surface area contributed by atoms with Crippen molar-refractivity contribution in [2.45, 2.75) is 39.2 Å². The van der Waals surface area contributed by atoms with Crippen LogP contribution in [0.25, 0.3) is 0 Å². The standard InChI is InChI=1S/C14H21NO/c1-11-8-12(2)10-14(9-11)15-6-3-4-13(15)5-7-16/h8-10,13,16H,3-7H2,1-2H3. The van der Waals surface area contributed by atoms with E-state index in [1.54, 1.807) is 0 Å². The Morgan fingerprint density at radius 2 is 1.94 bits per heavy atom. The van der Waals surface area contributed by atoms with E-state index in [0.29, 0.717) is 12.6 Å². The van der Waals surface area contributed by atoms with Gasteiger partial charge in [-0.05, 0) is 56.4 Å². The summed E-state index contributed by atoms with van der Waals surface area (Å²) in [6, 6.07) is 7.25. The van der Waals surface area contributed by atoms with Crippen LogP contribution in [0, 0.1) is 13.8 Å². The second-order valence-corrected chi connectivity index (χ2v) is 4.85. The van der Waals surface area contributed by atoms with Crippen molar-refractivity contribution >= 4 is 5.69 Å². The van der Waals surface area contributed by atoms with E-state index in [2.05, 4.69) is 36.9 Å². The van der Waals surface area contributed by atoms with Crippen molar-refractivity contribution in [3.8, 4) is 0 Å². The van der Waals surface area contributed by atoms with E-state index in [0.717, 1.165) is 13.0 Å². The number of aliphatic hydroxyl groups excluding tert-OH is 1. The van der Waals surface area contributed by atoms with Crippen molar-refractivity contribution in [1.82, 2.24) is 0 Å². The fraction of sp³-hybridized carbons (Fsp3) is 0.571. The summed E-state index contributed by atoms with van der Waals surface area (Å²) in [7, 11) is 0. The summed E-state index contributed by atoms with van der Waals surface area (Å²) >= 11 is 0. The van der Waals surface area contributed by atoms with Crippen LogP contribution < -0.4 is 4.90 Å². The summed E-state index contributed by atoms with van der Waals surface area (Å²) in [5.41, 5.74) is 3.97. The van der Waals surface area contributed by atoms with Gasteiger partial charge in [-0.2, -0.15) is 0 Å². The number of aliphatic hydroxyl groups is 1. The van der Waals surface area contributed by atoms with Gasteiger partial charge in [0, 0.05) is 24.9 Å². The molecule has 1 aromatic rings. The third-order valence-corrected chi connectivity index (χ3v) is 3.38. The maximum atomic E-state index is 9.07. The minimum absolute atomic E-state index is 0.298. The average molecular weight is 219 g/mol. The number of benzene rings is 1. The molecular formula is C14H21NO. The number of anilines is 1. The van der Waals surface area contributed by atoms with Crippen LogP contribution >= 0.6 is 0 Å². The zero-order chi connectivity index (χ0) is 11.5. The molecule has 2 heteroatoms. The van der Waals surface area contributed by atoms with Gasteiger partial charge in [-0.15, -0.1) is 0 Å². The van der Waals surface area contributed by atoms with E-state index in [9.17, 15) is 0 Å². The Kier molecular flexibility index (Phi) is 3.49. The fourth-order valence-corrected chi connectivity index (χ4v) is 2.74. The van der Waals surface area contributed by atoms with Gasteiger partial charge in [0.1, 0.15) is 0 Å². The van der Waals surface area contributed by atoms with Crippen molar-refractivity contribution < 1.29 is 5.11 Å². The van der Waals surface area contributed by atoms with Gasteiger partial charge < -0.3 is 10.0 Å². The van der Waals surface area contributed by atoms with Gasteiger partial charge in [0.2, 0.25) is 0 Å². The maximum absolute atomic E-state index is 9.07. The number of aryl methyl sites for hydroxylation is 2. The van der Waals surface area contributed by atoms with Crippen LogP contribution in [0.2, 0.25) is 0 Å². The first-order valence-electron chi connectivity index (χ1n) is 6.16. The van der Waals surface area contributed by atoms with Crippen molar-refractivity contribution in [2.24, 2.45) is 0 Å². The molecule has 88 valence electrons. The Bertz CT molecular complexity index is 342. The summed E-state index contributed by atoms with van der Waals surface area (Å²) < 4.78 is 0. The molecule has 0 saturated carbocycles. The van der Waals surface area contributed by atoms with Crippen LogP contribution in [0.1, 0.15) is 30.4 Å². The lowest BCUT2D eigenvalue weighted by Gasteiger charge is -2.27. The van der Waals surface area contributed by atoms with E-state index in [4.69, 9.17) is 5.11 Å². The van der Waals surface area contributed by atoms with E-state index in [1.165, 1.54) is 29.7 Å². The summed E-state index contributed by atoms with van der Waals surface area (Å²) in [5.74, 6) is 0. The van der Waals surface area contributed by atoms with Gasteiger partial charge in [0.15, 0.2) is 0 Å². The predicted octanol–water partition coefficient (Wildman–Crippen LogP) is 2.65. The lowest BCUT2D eigenvalue weighted by atomic mass is 10.1. The van der Waals surface area contributed by atoms with E-state index in [1.807, 2.05) is 0 Å². The number of rotatable bonds is 3. The predicted molar refractivity (Wildman–Crippen MR) is 68.0 cm³/mol. The van der Waals surface area contributed by atoms with Crippen LogP contribution in [0.5, 0.6) is 0 Å². The van der Waals surface area contributed by atoms with E-state index in [-0.39, 0.29) is 0 Å². The monoisotopic (exact) mass is 219 g/mol. The molecule has 1 aromatic carbocycles. The highest BCUT2D eigenvalue weighted by molar-refractivity contribution is 5.52. The third kappa shape index (κ3) is 2.38. The smallest absolute Gasteiger partial charge is 0.0450 e. The summed E-state index contributed by atoms with van der Waals surface area (Å²) in [6.45, 7) is 5.72. The third-order valence-electron chi connectivity index (χ3n) is 3.38. The first-order chi connectivity index (χ1) is 7.70. The molecule has 0 amide bonds. The molecule has 1 unspecified atom stereocenters. The van der Waals surface area contributed by atoms with E-state index >= 15 is 0 Å². The Morgan fingerprint density at radius 1 is 1.25 bits per heavy atom. The van der Waals surface area contributed by atoms with Crippen molar-refractivity contribution in [3.63, 3.8) is 0 Å². The molecule has 1 N–H and O–H groups in total. The van der Waals surface area contributed by atoms with Crippen LogP contribution in [-0.4, -0.2) is 24.3 Å². The average Bonchev–Trinajstić information content (AvgIpc) is 2.65. The quantitative estimate of drug-likeness (QED) is 0.845. The van der Waals surface area contributed by atoms with Gasteiger partial charge >= 0.3 is 0 Å². The first-order valence-corrected chi connectivity index (χ1v) is 6.16. The Balaban J connectivity index is 2.21. The molecule has 1 aliphatic heterocycles. The number of hydrogen-bond donors (Lipinski definition) is 1. The summed E-state index contributed by atoms with van der Waals surface area (Å²) in [6.07, 6.45) is 3.36. The number of nitrogens with zero attached hydrogens (tertiary/aromatic N) is 1. The molecule has 1 heterocycles. The van der Waals surface area contributed by atoms with E-state index < -0.39 is 0 Å². The van der Waals surface area contributed by atoms with Crippen LogP contribution in [0.3, 0.4) is 0 Å². The summed E-state index contributed by atoms with van der Waals surface area (Å²) in [5, 5.41) is 9.07. The Morgan fingerprint density at radius 3 is 2.56 bits per heavy atom.